The summed E-state index contributed by atoms with van der Waals surface area (Å²) in [6.07, 6.45) is 5.33. The van der Waals surface area contributed by atoms with Crippen LogP contribution in [0.25, 0.3) is 0 Å². The van der Waals surface area contributed by atoms with E-state index in [0.717, 1.165) is 38.2 Å². The van der Waals surface area contributed by atoms with Crippen LogP contribution in [-0.4, -0.2) is 47.5 Å². The molecule has 1 aliphatic rings. The number of nitrogens with zero attached hydrogens (tertiary/aromatic N) is 3. The molecule has 0 unspecified atom stereocenters. The zero-order valence-corrected chi connectivity index (χ0v) is 13.5. The Morgan fingerprint density at radius 1 is 1.30 bits per heavy atom. The molecular formula is C13H22Cl2N4O. The van der Waals surface area contributed by atoms with Gasteiger partial charge in [-0.05, 0) is 39.3 Å². The first-order valence-corrected chi connectivity index (χ1v) is 6.43. The lowest BCUT2D eigenvalue weighted by Gasteiger charge is -2.31. The van der Waals surface area contributed by atoms with E-state index in [1.165, 1.54) is 0 Å². The second-order valence-corrected chi connectivity index (χ2v) is 4.84. The standard InChI is InChI=1S/C13H20N4O.2ClH/c1-10-7-16-12(9-15-10)13(18)17-5-3-11(4-6-17)8-14-2;;/h7,9,11,14H,3-6,8H2,1-2H3;2*1H. The van der Waals surface area contributed by atoms with E-state index in [0.29, 0.717) is 11.6 Å². The number of nitrogens with one attached hydrogen (secondary N) is 1. The maximum Gasteiger partial charge on any atom is 0.274 e. The predicted octanol–water partition coefficient (Wildman–Crippen LogP) is 1.70. The molecule has 2 heterocycles. The Morgan fingerprint density at radius 3 is 2.45 bits per heavy atom. The number of carbonyl (C=O) groups excluding carboxylic acids is 1. The number of amides is 1. The number of rotatable bonds is 3. The van der Waals surface area contributed by atoms with E-state index in [1.54, 1.807) is 12.4 Å². The fraction of sp³-hybridized carbons (Fsp3) is 0.615. The molecule has 1 aromatic rings. The smallest absolute Gasteiger partial charge is 0.274 e. The summed E-state index contributed by atoms with van der Waals surface area (Å²) in [5, 5.41) is 3.19. The Morgan fingerprint density at radius 2 is 1.95 bits per heavy atom. The van der Waals surface area contributed by atoms with Crippen molar-refractivity contribution < 1.29 is 4.79 Å². The first kappa shape index (κ1) is 19.1. The molecule has 1 saturated heterocycles. The first-order chi connectivity index (χ1) is 8.70. The Balaban J connectivity index is 0.00000180. The van der Waals surface area contributed by atoms with Crippen LogP contribution >= 0.6 is 24.8 Å². The number of carbonyl (C=O) groups is 1. The highest BCUT2D eigenvalue weighted by Crippen LogP contribution is 2.17. The Hall–Kier alpha value is -0.910. The molecule has 1 fully saturated rings. The fourth-order valence-corrected chi connectivity index (χ4v) is 2.29. The van der Waals surface area contributed by atoms with Crippen molar-refractivity contribution in [3.05, 3.63) is 23.8 Å². The van der Waals surface area contributed by atoms with Crippen molar-refractivity contribution in [2.24, 2.45) is 5.92 Å². The minimum Gasteiger partial charge on any atom is -0.337 e. The molecular weight excluding hydrogens is 299 g/mol. The Labute approximate surface area is 132 Å². The summed E-state index contributed by atoms with van der Waals surface area (Å²) in [4.78, 5) is 22.3. The fourth-order valence-electron chi connectivity index (χ4n) is 2.29. The lowest BCUT2D eigenvalue weighted by atomic mass is 9.96. The van der Waals surface area contributed by atoms with Crippen LogP contribution in [-0.2, 0) is 0 Å². The third-order valence-corrected chi connectivity index (χ3v) is 3.39. The highest BCUT2D eigenvalue weighted by atomic mass is 35.5. The highest BCUT2D eigenvalue weighted by Gasteiger charge is 2.23. The van der Waals surface area contributed by atoms with E-state index in [4.69, 9.17) is 0 Å². The van der Waals surface area contributed by atoms with Crippen molar-refractivity contribution in [2.45, 2.75) is 19.8 Å². The number of halogens is 2. The zero-order valence-electron chi connectivity index (χ0n) is 11.8. The van der Waals surface area contributed by atoms with E-state index in [9.17, 15) is 4.79 Å². The molecule has 0 aromatic carbocycles. The molecule has 1 N–H and O–H groups in total. The normalized spacial score (nSPS) is 15.2. The lowest BCUT2D eigenvalue weighted by molar-refractivity contribution is 0.0684. The summed E-state index contributed by atoms with van der Waals surface area (Å²) < 4.78 is 0. The molecule has 1 amide bonds. The Bertz CT molecular complexity index is 405. The van der Waals surface area contributed by atoms with Gasteiger partial charge in [-0.25, -0.2) is 4.98 Å². The van der Waals surface area contributed by atoms with Crippen LogP contribution in [0.1, 0.15) is 29.0 Å². The largest absolute Gasteiger partial charge is 0.337 e. The van der Waals surface area contributed by atoms with Gasteiger partial charge in [0, 0.05) is 19.3 Å². The van der Waals surface area contributed by atoms with Gasteiger partial charge in [0.05, 0.1) is 11.9 Å². The van der Waals surface area contributed by atoms with Crippen LogP contribution in [0.4, 0.5) is 0 Å². The highest BCUT2D eigenvalue weighted by molar-refractivity contribution is 5.92. The Kier molecular flexibility index (Phi) is 8.69. The van der Waals surface area contributed by atoms with Crippen molar-refractivity contribution in [2.75, 3.05) is 26.7 Å². The van der Waals surface area contributed by atoms with Crippen LogP contribution in [0.2, 0.25) is 0 Å². The number of hydrogen-bond donors (Lipinski definition) is 1. The van der Waals surface area contributed by atoms with Gasteiger partial charge in [0.1, 0.15) is 5.69 Å². The number of likely N-dealkylation sites (tertiary alicyclic amines) is 1. The maximum atomic E-state index is 12.2. The number of aryl methyl sites for hydroxylation is 1. The summed E-state index contributed by atoms with van der Waals surface area (Å²) in [5.74, 6) is 0.688. The predicted molar refractivity (Wildman–Crippen MR) is 83.8 cm³/mol. The van der Waals surface area contributed by atoms with Crippen LogP contribution < -0.4 is 5.32 Å². The van der Waals surface area contributed by atoms with Gasteiger partial charge in [0.15, 0.2) is 0 Å². The van der Waals surface area contributed by atoms with Crippen molar-refractivity contribution in [3.63, 3.8) is 0 Å². The van der Waals surface area contributed by atoms with Crippen LogP contribution in [0.3, 0.4) is 0 Å². The summed E-state index contributed by atoms with van der Waals surface area (Å²) in [5.41, 5.74) is 1.28. The van der Waals surface area contributed by atoms with Crippen molar-refractivity contribution in [1.29, 1.82) is 0 Å². The maximum absolute atomic E-state index is 12.2. The first-order valence-electron chi connectivity index (χ1n) is 6.43. The molecule has 1 aromatic heterocycles. The van der Waals surface area contributed by atoms with E-state index in [-0.39, 0.29) is 30.7 Å². The molecule has 2 rings (SSSR count). The average molecular weight is 321 g/mol. The summed E-state index contributed by atoms with van der Waals surface area (Å²) in [7, 11) is 1.97. The summed E-state index contributed by atoms with van der Waals surface area (Å²) >= 11 is 0. The second-order valence-electron chi connectivity index (χ2n) is 4.84. The minimum absolute atomic E-state index is 0. The topological polar surface area (TPSA) is 58.1 Å². The zero-order chi connectivity index (χ0) is 13.0. The number of aromatic nitrogens is 2. The quantitative estimate of drug-likeness (QED) is 0.921. The molecule has 7 heteroatoms. The monoisotopic (exact) mass is 320 g/mol. The van der Waals surface area contributed by atoms with Gasteiger partial charge in [0.2, 0.25) is 0 Å². The molecule has 0 radical (unpaired) electrons. The van der Waals surface area contributed by atoms with E-state index in [2.05, 4.69) is 15.3 Å². The van der Waals surface area contributed by atoms with Crippen molar-refractivity contribution in [3.8, 4) is 0 Å². The van der Waals surface area contributed by atoms with E-state index in [1.807, 2.05) is 18.9 Å². The molecule has 20 heavy (non-hydrogen) atoms. The van der Waals surface area contributed by atoms with Crippen LogP contribution in [0.15, 0.2) is 12.4 Å². The third kappa shape index (κ3) is 4.89. The van der Waals surface area contributed by atoms with Gasteiger partial charge in [-0.1, -0.05) is 0 Å². The molecule has 0 bridgehead atoms. The third-order valence-electron chi connectivity index (χ3n) is 3.39. The van der Waals surface area contributed by atoms with Gasteiger partial charge in [-0.3, -0.25) is 9.78 Å². The van der Waals surface area contributed by atoms with E-state index >= 15 is 0 Å². The van der Waals surface area contributed by atoms with E-state index < -0.39 is 0 Å². The van der Waals surface area contributed by atoms with Crippen molar-refractivity contribution >= 4 is 30.7 Å². The second kappa shape index (κ2) is 9.10. The van der Waals surface area contributed by atoms with Gasteiger partial charge in [-0.15, -0.1) is 24.8 Å². The van der Waals surface area contributed by atoms with Crippen LogP contribution in [0, 0.1) is 12.8 Å². The number of piperidine rings is 1. The molecule has 5 nitrogen and oxygen atoms in total. The molecule has 0 spiro atoms. The minimum atomic E-state index is 0. The average Bonchev–Trinajstić information content (AvgIpc) is 2.40. The van der Waals surface area contributed by atoms with Crippen LogP contribution in [0.5, 0.6) is 0 Å². The molecule has 114 valence electrons. The number of hydrogen-bond acceptors (Lipinski definition) is 4. The summed E-state index contributed by atoms with van der Waals surface area (Å²) in [6.45, 7) is 4.54. The lowest BCUT2D eigenvalue weighted by Crippen LogP contribution is -2.40. The van der Waals surface area contributed by atoms with Gasteiger partial charge >= 0.3 is 0 Å². The van der Waals surface area contributed by atoms with Gasteiger partial charge in [0.25, 0.3) is 5.91 Å². The van der Waals surface area contributed by atoms with Gasteiger partial charge < -0.3 is 10.2 Å². The molecule has 0 atom stereocenters. The molecule has 0 aliphatic carbocycles. The summed E-state index contributed by atoms with van der Waals surface area (Å²) in [6, 6.07) is 0. The molecule has 1 aliphatic heterocycles. The molecule has 0 saturated carbocycles. The SMILES string of the molecule is CNCC1CCN(C(=O)c2cnc(C)cn2)CC1.Cl.Cl. The van der Waals surface area contributed by atoms with Gasteiger partial charge in [-0.2, -0.15) is 0 Å². The van der Waals surface area contributed by atoms with Crippen molar-refractivity contribution in [1.82, 2.24) is 20.2 Å².